The maximum atomic E-state index is 12.5. The minimum atomic E-state index is -0.621. The number of aromatic nitrogens is 2. The molecule has 1 amide bonds. The Labute approximate surface area is 189 Å². The van der Waals surface area contributed by atoms with Crippen molar-refractivity contribution in [2.75, 3.05) is 5.32 Å². The normalized spacial score (nSPS) is 12.5. The number of esters is 1. The summed E-state index contributed by atoms with van der Waals surface area (Å²) in [6.07, 6.45) is 3.07. The lowest BCUT2D eigenvalue weighted by molar-refractivity contribution is -0.143. The zero-order valence-corrected chi connectivity index (χ0v) is 18.8. The van der Waals surface area contributed by atoms with Gasteiger partial charge >= 0.3 is 5.97 Å². The highest BCUT2D eigenvalue weighted by molar-refractivity contribution is 5.88. The fraction of sp³-hybridized carbons (Fsp3) is 0.200. The Morgan fingerprint density at radius 1 is 0.818 bits per heavy atom. The molecule has 33 heavy (non-hydrogen) atoms. The molecule has 0 saturated carbocycles. The van der Waals surface area contributed by atoms with Crippen LogP contribution in [0.25, 0.3) is 12.2 Å². The highest BCUT2D eigenvalue weighted by atomic mass is 16.5. The number of H-pyrrole nitrogens is 2. The highest BCUT2D eigenvalue weighted by Crippen LogP contribution is 2.19. The first-order valence-corrected chi connectivity index (χ1v) is 10.3. The number of rotatable bonds is 4. The molecule has 0 bridgehead atoms. The Balaban J connectivity index is 1.86. The molecule has 3 N–H and O–H groups in total. The molecule has 0 aliphatic heterocycles. The third kappa shape index (κ3) is 6.39. The topological polar surface area (TPSA) is 121 Å². The smallest absolute Gasteiger partial charge is 0.316 e. The summed E-state index contributed by atoms with van der Waals surface area (Å²) in [5, 5.41) is 2.86. The molecular weight excluding hydrogens is 422 g/mol. The van der Waals surface area contributed by atoms with Crippen molar-refractivity contribution < 1.29 is 14.3 Å². The van der Waals surface area contributed by atoms with Crippen LogP contribution in [0.3, 0.4) is 0 Å². The van der Waals surface area contributed by atoms with Gasteiger partial charge in [0.25, 0.3) is 11.1 Å². The number of aromatic amines is 2. The van der Waals surface area contributed by atoms with E-state index in [2.05, 4.69) is 15.3 Å². The minimum Gasteiger partial charge on any atom is -0.426 e. The van der Waals surface area contributed by atoms with Crippen molar-refractivity contribution in [3.8, 4) is 5.75 Å². The molecule has 0 saturated heterocycles. The first-order valence-electron chi connectivity index (χ1n) is 10.3. The average molecular weight is 447 g/mol. The van der Waals surface area contributed by atoms with Gasteiger partial charge in [0.15, 0.2) is 0 Å². The summed E-state index contributed by atoms with van der Waals surface area (Å²) < 4.78 is 5.32. The van der Waals surface area contributed by atoms with E-state index in [0.717, 1.165) is 0 Å². The number of ether oxygens (including phenoxy) is 1. The van der Waals surface area contributed by atoms with Gasteiger partial charge < -0.3 is 20.0 Å². The average Bonchev–Trinajstić information content (AvgIpc) is 2.73. The molecule has 1 aromatic heterocycles. The van der Waals surface area contributed by atoms with Gasteiger partial charge in [0.05, 0.1) is 5.41 Å². The van der Waals surface area contributed by atoms with Gasteiger partial charge in [-0.15, -0.1) is 0 Å². The molecule has 1 heterocycles. The first-order chi connectivity index (χ1) is 15.5. The SMILES string of the molecule is CC(=O)Nc1ccc(C=c2[nH]c(=O)c(=Cc3ccc(OC(=O)C(C)(C)C)cc3)[nH]c2=O)cc1. The predicted octanol–water partition coefficient (Wildman–Crippen LogP) is 1.63. The molecular formula is C25H25N3O5. The van der Waals surface area contributed by atoms with Crippen LogP contribution >= 0.6 is 0 Å². The number of benzene rings is 2. The summed E-state index contributed by atoms with van der Waals surface area (Å²) >= 11 is 0. The molecule has 170 valence electrons. The third-order valence-corrected chi connectivity index (χ3v) is 4.54. The summed E-state index contributed by atoms with van der Waals surface area (Å²) in [6, 6.07) is 13.4. The van der Waals surface area contributed by atoms with Gasteiger partial charge in [-0.2, -0.15) is 0 Å². The highest BCUT2D eigenvalue weighted by Gasteiger charge is 2.23. The predicted molar refractivity (Wildman–Crippen MR) is 126 cm³/mol. The molecule has 0 atom stereocenters. The molecule has 8 nitrogen and oxygen atoms in total. The van der Waals surface area contributed by atoms with Crippen molar-refractivity contribution >= 4 is 29.7 Å². The van der Waals surface area contributed by atoms with Crippen LogP contribution in [-0.2, 0) is 9.59 Å². The van der Waals surface area contributed by atoms with Crippen LogP contribution in [0, 0.1) is 5.41 Å². The Morgan fingerprint density at radius 3 is 1.70 bits per heavy atom. The summed E-state index contributed by atoms with van der Waals surface area (Å²) in [7, 11) is 0. The van der Waals surface area contributed by atoms with Crippen LogP contribution in [-0.4, -0.2) is 21.8 Å². The van der Waals surface area contributed by atoms with E-state index >= 15 is 0 Å². The Bertz CT molecular complexity index is 1410. The maximum absolute atomic E-state index is 12.5. The molecule has 0 aliphatic carbocycles. The van der Waals surface area contributed by atoms with Crippen molar-refractivity contribution in [1.82, 2.24) is 9.97 Å². The van der Waals surface area contributed by atoms with E-state index in [-0.39, 0.29) is 22.6 Å². The largest absolute Gasteiger partial charge is 0.426 e. The number of hydrogen-bond acceptors (Lipinski definition) is 5. The number of carbonyl (C=O) groups excluding carboxylic acids is 2. The van der Waals surface area contributed by atoms with Gasteiger partial charge in [-0.3, -0.25) is 19.2 Å². The van der Waals surface area contributed by atoms with Crippen molar-refractivity contribution in [1.29, 1.82) is 0 Å². The van der Waals surface area contributed by atoms with Crippen molar-refractivity contribution in [2.24, 2.45) is 5.41 Å². The van der Waals surface area contributed by atoms with E-state index in [9.17, 15) is 19.2 Å². The van der Waals surface area contributed by atoms with E-state index in [1.807, 2.05) is 0 Å². The molecule has 3 aromatic rings. The van der Waals surface area contributed by atoms with E-state index in [1.54, 1.807) is 75.4 Å². The molecule has 3 rings (SSSR count). The minimum absolute atomic E-state index is 0.0950. The van der Waals surface area contributed by atoms with Crippen LogP contribution in [0.5, 0.6) is 5.75 Å². The van der Waals surface area contributed by atoms with Gasteiger partial charge in [0.1, 0.15) is 16.4 Å². The Kier molecular flexibility index (Phi) is 6.77. The Hall–Kier alpha value is -4.20. The van der Waals surface area contributed by atoms with Crippen LogP contribution in [0.2, 0.25) is 0 Å². The van der Waals surface area contributed by atoms with Crippen molar-refractivity contribution in [3.05, 3.63) is 91.1 Å². The quantitative estimate of drug-likeness (QED) is 0.415. The summed E-state index contributed by atoms with van der Waals surface area (Å²) in [4.78, 5) is 53.2. The number of nitrogens with one attached hydrogen (secondary N) is 3. The lowest BCUT2D eigenvalue weighted by Crippen LogP contribution is -2.46. The maximum Gasteiger partial charge on any atom is 0.316 e. The van der Waals surface area contributed by atoms with Crippen LogP contribution in [0.15, 0.2) is 58.1 Å². The standard InChI is InChI=1S/C25H25N3O5/c1-15(29)26-18-9-5-16(6-10-18)13-20-22(30)28-21(23(31)27-20)14-17-7-11-19(12-8-17)33-24(32)25(2,3)4/h5-14H,1-4H3,(H,26,29)(H,27,31)(H,28,30). The van der Waals surface area contributed by atoms with E-state index < -0.39 is 16.5 Å². The molecule has 0 fully saturated rings. The number of carbonyl (C=O) groups is 2. The lowest BCUT2D eigenvalue weighted by atomic mass is 9.97. The van der Waals surface area contributed by atoms with Crippen LogP contribution < -0.4 is 31.9 Å². The number of hydrogen-bond donors (Lipinski definition) is 3. The zero-order valence-electron chi connectivity index (χ0n) is 18.8. The second-order valence-corrected chi connectivity index (χ2v) is 8.54. The fourth-order valence-electron chi connectivity index (χ4n) is 2.79. The Morgan fingerprint density at radius 2 is 1.27 bits per heavy atom. The van der Waals surface area contributed by atoms with Crippen LogP contribution in [0.1, 0.15) is 38.8 Å². The fourth-order valence-corrected chi connectivity index (χ4v) is 2.79. The van der Waals surface area contributed by atoms with Crippen molar-refractivity contribution in [2.45, 2.75) is 27.7 Å². The van der Waals surface area contributed by atoms with E-state index in [0.29, 0.717) is 22.6 Å². The molecule has 0 aliphatic rings. The molecule has 0 radical (unpaired) electrons. The summed E-state index contributed by atoms with van der Waals surface area (Å²) in [5.74, 6) is -0.138. The first kappa shape index (κ1) is 23.5. The third-order valence-electron chi connectivity index (χ3n) is 4.54. The van der Waals surface area contributed by atoms with E-state index in [4.69, 9.17) is 4.74 Å². The van der Waals surface area contributed by atoms with Gasteiger partial charge in [0, 0.05) is 12.6 Å². The number of anilines is 1. The second-order valence-electron chi connectivity index (χ2n) is 8.54. The number of amides is 1. The molecule has 8 heteroatoms. The van der Waals surface area contributed by atoms with Gasteiger partial charge in [-0.1, -0.05) is 24.3 Å². The lowest BCUT2D eigenvalue weighted by Gasteiger charge is -2.16. The second kappa shape index (κ2) is 9.52. The molecule has 2 aromatic carbocycles. The summed E-state index contributed by atoms with van der Waals surface area (Å²) in [6.45, 7) is 6.71. The monoisotopic (exact) mass is 447 g/mol. The van der Waals surface area contributed by atoms with Crippen molar-refractivity contribution in [3.63, 3.8) is 0 Å². The van der Waals surface area contributed by atoms with Gasteiger partial charge in [0.2, 0.25) is 5.91 Å². The van der Waals surface area contributed by atoms with Crippen LogP contribution in [0.4, 0.5) is 5.69 Å². The van der Waals surface area contributed by atoms with Gasteiger partial charge in [-0.05, 0) is 68.3 Å². The molecule has 0 unspecified atom stereocenters. The zero-order chi connectivity index (χ0) is 24.2. The molecule has 0 spiro atoms. The van der Waals surface area contributed by atoms with E-state index in [1.165, 1.54) is 13.0 Å². The summed E-state index contributed by atoms with van der Waals surface area (Å²) in [5.41, 5.74) is 0.427. The van der Waals surface area contributed by atoms with Gasteiger partial charge in [-0.25, -0.2) is 0 Å².